The molecule has 1 saturated heterocycles. The molecule has 2 amide bonds. The molecule has 10 heteroatoms. The Labute approximate surface area is 150 Å². The summed E-state index contributed by atoms with van der Waals surface area (Å²) in [6.45, 7) is -0.567. The summed E-state index contributed by atoms with van der Waals surface area (Å²) in [5.41, 5.74) is -3.34. The fourth-order valence-corrected chi connectivity index (χ4v) is 3.17. The zero-order valence-electron chi connectivity index (χ0n) is 14.1. The number of fused-ring (bicyclic) bond motifs is 1. The fraction of sp³-hybridized carbons (Fsp3) is 0.471. The first-order valence-electron chi connectivity index (χ1n) is 8.12. The van der Waals surface area contributed by atoms with Gasteiger partial charge < -0.3 is 14.6 Å². The van der Waals surface area contributed by atoms with Crippen molar-refractivity contribution in [2.24, 2.45) is 5.41 Å². The van der Waals surface area contributed by atoms with Gasteiger partial charge in [-0.05, 0) is 25.5 Å². The number of carbonyl (C=O) groups is 1. The lowest BCUT2D eigenvalue weighted by Crippen LogP contribution is -2.53. The number of carbonyl (C=O) groups excluding carboxylic acids is 1. The van der Waals surface area contributed by atoms with E-state index in [2.05, 4.69) is 5.32 Å². The van der Waals surface area contributed by atoms with Crippen molar-refractivity contribution in [1.82, 2.24) is 10.2 Å². The van der Waals surface area contributed by atoms with E-state index in [-0.39, 0.29) is 0 Å². The van der Waals surface area contributed by atoms with E-state index in [9.17, 15) is 31.1 Å². The third-order valence-corrected chi connectivity index (χ3v) is 4.85. The second-order valence-corrected chi connectivity index (χ2v) is 6.61. The van der Waals surface area contributed by atoms with Crippen LogP contribution in [0, 0.1) is 5.41 Å². The van der Waals surface area contributed by atoms with E-state index < -0.39 is 49.4 Å². The summed E-state index contributed by atoms with van der Waals surface area (Å²) in [5.74, 6) is 0.349. The number of hydrogen-bond acceptors (Lipinski definition) is 2. The van der Waals surface area contributed by atoms with E-state index in [1.165, 1.54) is 6.92 Å². The molecule has 1 aliphatic heterocycles. The highest BCUT2D eigenvalue weighted by Gasteiger charge is 2.72. The highest BCUT2D eigenvalue weighted by Crippen LogP contribution is 2.55. The smallest absolute Gasteiger partial charge is 0.404 e. The molecule has 2 heterocycles. The highest BCUT2D eigenvalue weighted by molar-refractivity contribution is 5.78. The van der Waals surface area contributed by atoms with Gasteiger partial charge in [-0.15, -0.1) is 0 Å². The minimum atomic E-state index is -5.50. The van der Waals surface area contributed by atoms with Crippen LogP contribution in [0.1, 0.15) is 25.1 Å². The van der Waals surface area contributed by atoms with Gasteiger partial charge in [-0.1, -0.05) is 18.2 Å². The first kappa shape index (κ1) is 19.4. The SMILES string of the molecule is C[C@@H](NC(=O)N1CCC(C(F)(F)F)(C(F)(F)F)C1)c1cc2ccccc2o1. The van der Waals surface area contributed by atoms with Crippen LogP contribution in [0.25, 0.3) is 11.0 Å². The molecule has 0 aliphatic carbocycles. The van der Waals surface area contributed by atoms with Gasteiger partial charge in [0, 0.05) is 18.5 Å². The zero-order chi connectivity index (χ0) is 20.0. The third-order valence-electron chi connectivity index (χ3n) is 4.85. The maximum atomic E-state index is 13.1. The van der Waals surface area contributed by atoms with Gasteiger partial charge in [0.25, 0.3) is 0 Å². The molecule has 0 radical (unpaired) electrons. The molecule has 1 aromatic carbocycles. The first-order valence-corrected chi connectivity index (χ1v) is 8.12. The number of urea groups is 1. The number of nitrogens with zero attached hydrogens (tertiary/aromatic N) is 1. The number of halogens is 6. The van der Waals surface area contributed by atoms with Crippen molar-refractivity contribution in [3.8, 4) is 0 Å². The summed E-state index contributed by atoms with van der Waals surface area (Å²) in [5, 5.41) is 3.16. The molecule has 0 saturated carbocycles. The average Bonchev–Trinajstić information content (AvgIpc) is 3.19. The van der Waals surface area contributed by atoms with Crippen LogP contribution in [0.4, 0.5) is 31.1 Å². The van der Waals surface area contributed by atoms with Crippen LogP contribution in [-0.2, 0) is 0 Å². The predicted molar refractivity (Wildman–Crippen MR) is 83.9 cm³/mol. The molecule has 0 spiro atoms. The van der Waals surface area contributed by atoms with Gasteiger partial charge in [-0.3, -0.25) is 0 Å². The second-order valence-electron chi connectivity index (χ2n) is 6.61. The first-order chi connectivity index (χ1) is 12.4. The van der Waals surface area contributed by atoms with Gasteiger partial charge in [-0.25, -0.2) is 4.79 Å². The molecule has 1 N–H and O–H groups in total. The lowest BCUT2D eigenvalue weighted by molar-refractivity contribution is -0.334. The lowest BCUT2D eigenvalue weighted by atomic mass is 9.85. The van der Waals surface area contributed by atoms with E-state index in [0.717, 1.165) is 5.39 Å². The molecule has 1 aromatic heterocycles. The third kappa shape index (κ3) is 3.32. The van der Waals surface area contributed by atoms with E-state index in [0.29, 0.717) is 16.2 Å². The Morgan fingerprint density at radius 1 is 1.19 bits per heavy atom. The van der Waals surface area contributed by atoms with Gasteiger partial charge >= 0.3 is 18.4 Å². The summed E-state index contributed by atoms with van der Waals surface area (Å²) in [6.07, 6.45) is -12.2. The van der Waals surface area contributed by atoms with Crippen molar-refractivity contribution >= 4 is 17.0 Å². The standard InChI is InChI=1S/C17H16F6N2O2/c1-10(13-8-11-4-2-3-5-12(11)27-13)24-14(26)25-7-6-15(9-25,16(18,19)20)17(21,22)23/h2-5,8,10H,6-7,9H2,1H3,(H,24,26)/t10-/m1/s1. The molecule has 27 heavy (non-hydrogen) atoms. The van der Waals surface area contributed by atoms with Gasteiger partial charge in [0.15, 0.2) is 5.41 Å². The Bertz CT molecular complexity index is 795. The van der Waals surface area contributed by atoms with Crippen molar-refractivity contribution in [2.45, 2.75) is 31.7 Å². The monoisotopic (exact) mass is 394 g/mol. The van der Waals surface area contributed by atoms with E-state index >= 15 is 0 Å². The fourth-order valence-electron chi connectivity index (χ4n) is 3.17. The Morgan fingerprint density at radius 3 is 2.37 bits per heavy atom. The maximum absolute atomic E-state index is 13.1. The lowest BCUT2D eigenvalue weighted by Gasteiger charge is -2.33. The number of rotatable bonds is 2. The number of benzene rings is 1. The van der Waals surface area contributed by atoms with Crippen LogP contribution >= 0.6 is 0 Å². The number of nitrogens with one attached hydrogen (secondary N) is 1. The molecule has 2 aromatic rings. The van der Waals surface area contributed by atoms with Crippen molar-refractivity contribution in [1.29, 1.82) is 0 Å². The minimum absolute atomic E-state index is 0.349. The van der Waals surface area contributed by atoms with Crippen LogP contribution in [0.2, 0.25) is 0 Å². The number of hydrogen-bond donors (Lipinski definition) is 1. The number of alkyl halides is 6. The average molecular weight is 394 g/mol. The molecule has 148 valence electrons. The van der Waals surface area contributed by atoms with E-state index in [4.69, 9.17) is 4.42 Å². The number of amides is 2. The van der Waals surface area contributed by atoms with Crippen molar-refractivity contribution < 1.29 is 35.6 Å². The van der Waals surface area contributed by atoms with Gasteiger partial charge in [0.1, 0.15) is 11.3 Å². The summed E-state index contributed by atoms with van der Waals surface area (Å²) in [4.78, 5) is 12.8. The molecular formula is C17H16F6N2O2. The van der Waals surface area contributed by atoms with E-state index in [1.54, 1.807) is 30.3 Å². The maximum Gasteiger partial charge on any atom is 0.404 e. The molecule has 1 atom stereocenters. The zero-order valence-corrected chi connectivity index (χ0v) is 14.1. The molecule has 4 nitrogen and oxygen atoms in total. The van der Waals surface area contributed by atoms with Crippen molar-refractivity contribution in [2.75, 3.05) is 13.1 Å². The Kier molecular flexibility index (Phi) is 4.55. The van der Waals surface area contributed by atoms with E-state index in [1.807, 2.05) is 0 Å². The summed E-state index contributed by atoms with van der Waals surface area (Å²) in [7, 11) is 0. The van der Waals surface area contributed by atoms with Crippen molar-refractivity contribution in [3.05, 3.63) is 36.1 Å². The van der Waals surface area contributed by atoms with Crippen molar-refractivity contribution in [3.63, 3.8) is 0 Å². The summed E-state index contributed by atoms with van der Waals surface area (Å²) >= 11 is 0. The topological polar surface area (TPSA) is 45.5 Å². The highest BCUT2D eigenvalue weighted by atomic mass is 19.4. The quantitative estimate of drug-likeness (QED) is 0.727. The molecule has 0 bridgehead atoms. The van der Waals surface area contributed by atoms with Crippen LogP contribution in [0.3, 0.4) is 0 Å². The second kappa shape index (κ2) is 6.35. The number of furan rings is 1. The summed E-state index contributed by atoms with van der Waals surface area (Å²) < 4.78 is 84.2. The normalized spacial score (nSPS) is 18.7. The number of para-hydroxylation sites is 1. The minimum Gasteiger partial charge on any atom is -0.459 e. The largest absolute Gasteiger partial charge is 0.459 e. The van der Waals surface area contributed by atoms with Crippen LogP contribution in [-0.4, -0.2) is 36.4 Å². The Hall–Kier alpha value is -2.39. The molecule has 0 unspecified atom stereocenters. The van der Waals surface area contributed by atoms with Crippen LogP contribution < -0.4 is 5.32 Å². The Balaban J connectivity index is 1.73. The van der Waals surface area contributed by atoms with Crippen LogP contribution in [0.15, 0.2) is 34.7 Å². The Morgan fingerprint density at radius 2 is 1.81 bits per heavy atom. The summed E-state index contributed by atoms with van der Waals surface area (Å²) in [6, 6.07) is 6.93. The molecule has 1 aliphatic rings. The molecule has 3 rings (SSSR count). The molecule has 1 fully saturated rings. The predicted octanol–water partition coefficient (Wildman–Crippen LogP) is 5.02. The molecular weight excluding hydrogens is 378 g/mol. The number of likely N-dealkylation sites (tertiary alicyclic amines) is 1. The van der Waals surface area contributed by atoms with Crippen LogP contribution in [0.5, 0.6) is 0 Å². The van der Waals surface area contributed by atoms with Gasteiger partial charge in [-0.2, -0.15) is 26.3 Å². The van der Waals surface area contributed by atoms with Gasteiger partial charge in [0.2, 0.25) is 0 Å². The van der Waals surface area contributed by atoms with Gasteiger partial charge in [0.05, 0.1) is 6.04 Å².